The maximum atomic E-state index is 12.6. The van der Waals surface area contributed by atoms with Gasteiger partial charge in [-0.3, -0.25) is 4.79 Å². The summed E-state index contributed by atoms with van der Waals surface area (Å²) in [6.45, 7) is 6.28. The first-order chi connectivity index (χ1) is 9.63. The lowest BCUT2D eigenvalue weighted by molar-refractivity contribution is 0.0710. The molecule has 1 aromatic carbocycles. The zero-order valence-corrected chi connectivity index (χ0v) is 12.1. The van der Waals surface area contributed by atoms with Crippen molar-refractivity contribution in [1.82, 2.24) is 10.2 Å². The van der Waals surface area contributed by atoms with Crippen LogP contribution in [0.1, 0.15) is 41.8 Å². The van der Waals surface area contributed by atoms with Crippen molar-refractivity contribution in [1.29, 1.82) is 5.26 Å². The van der Waals surface area contributed by atoms with E-state index in [1.54, 1.807) is 4.90 Å². The van der Waals surface area contributed by atoms with E-state index in [-0.39, 0.29) is 11.9 Å². The zero-order valence-electron chi connectivity index (χ0n) is 12.1. The van der Waals surface area contributed by atoms with Crippen molar-refractivity contribution in [2.24, 2.45) is 0 Å². The summed E-state index contributed by atoms with van der Waals surface area (Å²) in [6.07, 6.45) is 1.39. The fourth-order valence-electron chi connectivity index (χ4n) is 2.54. The summed E-state index contributed by atoms with van der Waals surface area (Å²) in [7, 11) is 0. The molecule has 106 valence electrons. The predicted octanol–water partition coefficient (Wildman–Crippen LogP) is 2.10. The van der Waals surface area contributed by atoms with Gasteiger partial charge in [0.15, 0.2) is 0 Å². The molecule has 0 aromatic heterocycles. The normalized spacial score (nSPS) is 13.7. The number of benzene rings is 1. The highest BCUT2D eigenvalue weighted by Gasteiger charge is 2.20. The van der Waals surface area contributed by atoms with Crippen LogP contribution in [-0.2, 0) is 13.0 Å². The molecular weight excluding hydrogens is 250 g/mol. The highest BCUT2D eigenvalue weighted by Crippen LogP contribution is 2.18. The molecule has 1 N–H and O–H groups in total. The van der Waals surface area contributed by atoms with Gasteiger partial charge in [-0.05, 0) is 50.1 Å². The van der Waals surface area contributed by atoms with Crippen LogP contribution in [0.25, 0.3) is 0 Å². The summed E-state index contributed by atoms with van der Waals surface area (Å²) in [5.74, 6) is 0.0172. The minimum atomic E-state index is 0.0172. The molecule has 0 saturated carbocycles. The van der Waals surface area contributed by atoms with Gasteiger partial charge in [0.05, 0.1) is 12.5 Å². The maximum Gasteiger partial charge on any atom is 0.254 e. The SMILES string of the molecule is CC(C)N(CCC#N)C(=O)c1ccc2c(c1)CNCC2. The Balaban J connectivity index is 2.20. The number of hydrogen-bond donors (Lipinski definition) is 1. The molecule has 0 unspecified atom stereocenters. The number of nitriles is 1. The lowest BCUT2D eigenvalue weighted by Gasteiger charge is -2.26. The Morgan fingerprint density at radius 1 is 1.45 bits per heavy atom. The van der Waals surface area contributed by atoms with Crippen LogP contribution in [0.2, 0.25) is 0 Å². The fourth-order valence-corrected chi connectivity index (χ4v) is 2.54. The number of fused-ring (bicyclic) bond motifs is 1. The Morgan fingerprint density at radius 2 is 2.25 bits per heavy atom. The molecule has 4 nitrogen and oxygen atoms in total. The third-order valence-electron chi connectivity index (χ3n) is 3.69. The molecule has 0 fully saturated rings. The van der Waals surface area contributed by atoms with Gasteiger partial charge in [-0.15, -0.1) is 0 Å². The van der Waals surface area contributed by atoms with Crippen LogP contribution in [0, 0.1) is 11.3 Å². The van der Waals surface area contributed by atoms with Crippen molar-refractivity contribution < 1.29 is 4.79 Å². The van der Waals surface area contributed by atoms with E-state index in [1.165, 1.54) is 11.1 Å². The number of nitrogens with zero attached hydrogens (tertiary/aromatic N) is 2. The van der Waals surface area contributed by atoms with E-state index in [9.17, 15) is 4.79 Å². The second-order valence-corrected chi connectivity index (χ2v) is 5.41. The Morgan fingerprint density at radius 3 is 2.95 bits per heavy atom. The van der Waals surface area contributed by atoms with Crippen LogP contribution >= 0.6 is 0 Å². The van der Waals surface area contributed by atoms with Crippen molar-refractivity contribution in [3.05, 3.63) is 34.9 Å². The van der Waals surface area contributed by atoms with Gasteiger partial charge < -0.3 is 10.2 Å². The van der Waals surface area contributed by atoms with Crippen LogP contribution < -0.4 is 5.32 Å². The van der Waals surface area contributed by atoms with E-state index in [1.807, 2.05) is 26.0 Å². The molecule has 0 atom stereocenters. The van der Waals surface area contributed by atoms with E-state index < -0.39 is 0 Å². The highest BCUT2D eigenvalue weighted by molar-refractivity contribution is 5.94. The molecule has 0 saturated heterocycles. The van der Waals surface area contributed by atoms with Gasteiger partial charge >= 0.3 is 0 Å². The lowest BCUT2D eigenvalue weighted by atomic mass is 9.98. The van der Waals surface area contributed by atoms with Gasteiger partial charge in [-0.25, -0.2) is 0 Å². The average molecular weight is 271 g/mol. The van der Waals surface area contributed by atoms with E-state index in [0.717, 1.165) is 25.1 Å². The third-order valence-corrected chi connectivity index (χ3v) is 3.69. The van der Waals surface area contributed by atoms with Gasteiger partial charge in [0.1, 0.15) is 0 Å². The van der Waals surface area contributed by atoms with E-state index in [2.05, 4.69) is 17.5 Å². The van der Waals surface area contributed by atoms with Gasteiger partial charge in [0, 0.05) is 24.7 Å². The summed E-state index contributed by atoms with van der Waals surface area (Å²) < 4.78 is 0. The van der Waals surface area contributed by atoms with Crippen LogP contribution in [0.4, 0.5) is 0 Å². The quantitative estimate of drug-likeness (QED) is 0.912. The number of nitrogens with one attached hydrogen (secondary N) is 1. The Bertz CT molecular complexity index is 531. The fraction of sp³-hybridized carbons (Fsp3) is 0.500. The number of rotatable bonds is 4. The van der Waals surface area contributed by atoms with Crippen molar-refractivity contribution in [2.75, 3.05) is 13.1 Å². The standard InChI is InChI=1S/C16H21N3O/c1-12(2)19(9-3-7-17)16(20)14-5-4-13-6-8-18-11-15(13)10-14/h4-5,10,12,18H,3,6,8-9,11H2,1-2H3. The van der Waals surface area contributed by atoms with Crippen molar-refractivity contribution in [3.8, 4) is 6.07 Å². The molecule has 1 amide bonds. The van der Waals surface area contributed by atoms with E-state index >= 15 is 0 Å². The van der Waals surface area contributed by atoms with Crippen LogP contribution in [0.15, 0.2) is 18.2 Å². The predicted molar refractivity (Wildman–Crippen MR) is 78.3 cm³/mol. The molecule has 1 aromatic rings. The first kappa shape index (κ1) is 14.5. The summed E-state index contributed by atoms with van der Waals surface area (Å²) >= 11 is 0. The number of hydrogen-bond acceptors (Lipinski definition) is 3. The molecule has 0 spiro atoms. The Hall–Kier alpha value is -1.86. The molecule has 4 heteroatoms. The van der Waals surface area contributed by atoms with Crippen molar-refractivity contribution in [3.63, 3.8) is 0 Å². The average Bonchev–Trinajstić information content (AvgIpc) is 2.46. The minimum Gasteiger partial charge on any atom is -0.335 e. The summed E-state index contributed by atoms with van der Waals surface area (Å²) in [5, 5.41) is 12.0. The lowest BCUT2D eigenvalue weighted by Crippen LogP contribution is -2.37. The van der Waals surface area contributed by atoms with Gasteiger partial charge in [0.2, 0.25) is 0 Å². The smallest absolute Gasteiger partial charge is 0.254 e. The Kier molecular flexibility index (Phi) is 4.75. The topological polar surface area (TPSA) is 56.1 Å². The number of carbonyl (C=O) groups excluding carboxylic acids is 1. The first-order valence-corrected chi connectivity index (χ1v) is 7.14. The molecule has 1 aliphatic heterocycles. The summed E-state index contributed by atoms with van der Waals surface area (Å²) in [6, 6.07) is 8.17. The molecule has 1 heterocycles. The molecule has 0 radical (unpaired) electrons. The molecule has 1 aliphatic rings. The van der Waals surface area contributed by atoms with Crippen LogP contribution in [0.3, 0.4) is 0 Å². The molecular formula is C16H21N3O. The largest absolute Gasteiger partial charge is 0.335 e. The maximum absolute atomic E-state index is 12.6. The monoisotopic (exact) mass is 271 g/mol. The van der Waals surface area contributed by atoms with Gasteiger partial charge in [0.25, 0.3) is 5.91 Å². The molecule has 2 rings (SSSR count). The van der Waals surface area contributed by atoms with Gasteiger partial charge in [-0.2, -0.15) is 5.26 Å². The second-order valence-electron chi connectivity index (χ2n) is 5.41. The molecule has 20 heavy (non-hydrogen) atoms. The number of amides is 1. The zero-order chi connectivity index (χ0) is 14.5. The highest BCUT2D eigenvalue weighted by atomic mass is 16.2. The van der Waals surface area contributed by atoms with Crippen molar-refractivity contribution >= 4 is 5.91 Å². The molecule has 0 bridgehead atoms. The summed E-state index contributed by atoms with van der Waals surface area (Å²) in [4.78, 5) is 14.3. The first-order valence-electron chi connectivity index (χ1n) is 7.14. The third kappa shape index (κ3) is 3.17. The summed E-state index contributed by atoms with van der Waals surface area (Å²) in [5.41, 5.74) is 3.26. The second kappa shape index (κ2) is 6.53. The molecule has 0 aliphatic carbocycles. The number of carbonyl (C=O) groups is 1. The van der Waals surface area contributed by atoms with Crippen LogP contribution in [0.5, 0.6) is 0 Å². The van der Waals surface area contributed by atoms with Crippen LogP contribution in [-0.4, -0.2) is 29.9 Å². The van der Waals surface area contributed by atoms with E-state index in [0.29, 0.717) is 13.0 Å². The van der Waals surface area contributed by atoms with Crippen molar-refractivity contribution in [2.45, 2.75) is 39.3 Å². The Labute approximate surface area is 120 Å². The minimum absolute atomic E-state index is 0.0172. The van der Waals surface area contributed by atoms with E-state index in [4.69, 9.17) is 5.26 Å². The van der Waals surface area contributed by atoms with Gasteiger partial charge in [-0.1, -0.05) is 6.07 Å².